The van der Waals surface area contributed by atoms with E-state index in [1.54, 1.807) is 0 Å². The van der Waals surface area contributed by atoms with Gasteiger partial charge in [0.05, 0.1) is 16.3 Å². The van der Waals surface area contributed by atoms with Crippen LogP contribution >= 0.6 is 11.8 Å². The Hall–Kier alpha value is -3.60. The lowest BCUT2D eigenvalue weighted by Gasteiger charge is -2.06. The largest absolute Gasteiger partial charge is 0.292 e. The first-order valence-electron chi connectivity index (χ1n) is 8.06. The van der Waals surface area contributed by atoms with Crippen molar-refractivity contribution in [3.8, 4) is 5.69 Å². The summed E-state index contributed by atoms with van der Waals surface area (Å²) in [5, 5.41) is 26.9. The Balaban J connectivity index is 1.79. The molecule has 142 valence electrons. The van der Waals surface area contributed by atoms with Crippen LogP contribution in [0.4, 0.5) is 11.4 Å². The number of hydrogen-bond donors (Lipinski definition) is 1. The highest BCUT2D eigenvalue weighted by Gasteiger charge is 2.16. The summed E-state index contributed by atoms with van der Waals surface area (Å²) in [6.07, 6.45) is 0. The summed E-state index contributed by atoms with van der Waals surface area (Å²) >= 11 is 1.01. The number of carbonyl (C=O) groups is 1. The smallest absolute Gasteiger partial charge is 0.269 e. The van der Waals surface area contributed by atoms with Gasteiger partial charge in [-0.2, -0.15) is 9.78 Å². The number of thioether (sulfide) groups is 1. The highest BCUT2D eigenvalue weighted by molar-refractivity contribution is 8.15. The van der Waals surface area contributed by atoms with Gasteiger partial charge in [-0.1, -0.05) is 17.7 Å². The molecule has 1 N–H and O–H groups in total. The highest BCUT2D eigenvalue weighted by atomic mass is 32.2. The minimum atomic E-state index is -0.491. The minimum Gasteiger partial charge on any atom is -0.292 e. The van der Waals surface area contributed by atoms with Crippen molar-refractivity contribution in [1.82, 2.24) is 20.2 Å². The van der Waals surface area contributed by atoms with E-state index in [4.69, 9.17) is 0 Å². The SMILES string of the molecule is CC(=O)/C(=N\Nc1ccc([N+](=O)[O-])cc1)Sc1nnnn1-c1ccc(C)cc1. The predicted octanol–water partition coefficient (Wildman–Crippen LogP) is 2.99. The van der Waals surface area contributed by atoms with Crippen molar-refractivity contribution in [3.63, 3.8) is 0 Å². The molecular formula is C17H15N7O3S. The Kier molecular flexibility index (Phi) is 5.75. The quantitative estimate of drug-likeness (QED) is 0.221. The van der Waals surface area contributed by atoms with Crippen LogP contribution in [-0.4, -0.2) is 36.0 Å². The van der Waals surface area contributed by atoms with E-state index in [0.29, 0.717) is 10.8 Å². The molecule has 0 saturated heterocycles. The van der Waals surface area contributed by atoms with Gasteiger partial charge in [-0.25, -0.2) is 0 Å². The molecule has 10 nitrogen and oxygen atoms in total. The second-order valence-corrected chi connectivity index (χ2v) is 6.66. The Morgan fingerprint density at radius 2 is 1.86 bits per heavy atom. The number of aryl methyl sites for hydroxylation is 1. The van der Waals surface area contributed by atoms with E-state index in [9.17, 15) is 14.9 Å². The molecule has 1 heterocycles. The second-order valence-electron chi connectivity index (χ2n) is 5.70. The minimum absolute atomic E-state index is 0.0343. The number of carbonyl (C=O) groups excluding carboxylic acids is 1. The normalized spacial score (nSPS) is 11.3. The molecule has 0 radical (unpaired) electrons. The zero-order chi connectivity index (χ0) is 20.1. The molecule has 3 aromatic rings. The number of aromatic nitrogens is 4. The standard InChI is InChI=1S/C17H15N7O3S/c1-11-3-7-14(8-4-11)23-17(20-21-22-23)28-16(12(2)25)19-18-13-5-9-15(10-6-13)24(26)27/h3-10,18H,1-2H3/b19-16+. The van der Waals surface area contributed by atoms with Crippen LogP contribution in [0.3, 0.4) is 0 Å². The zero-order valence-electron chi connectivity index (χ0n) is 14.9. The van der Waals surface area contributed by atoms with Gasteiger partial charge in [0.15, 0.2) is 10.8 Å². The number of hydrazone groups is 1. The van der Waals surface area contributed by atoms with Crippen LogP contribution in [0.1, 0.15) is 12.5 Å². The van der Waals surface area contributed by atoms with E-state index < -0.39 is 4.92 Å². The summed E-state index contributed by atoms with van der Waals surface area (Å²) in [6, 6.07) is 13.3. The van der Waals surface area contributed by atoms with Crippen LogP contribution in [0.2, 0.25) is 0 Å². The number of nitro groups is 1. The number of benzene rings is 2. The second kappa shape index (κ2) is 8.39. The molecule has 3 rings (SSSR count). The first-order chi connectivity index (χ1) is 13.4. The number of nitrogens with zero attached hydrogens (tertiary/aromatic N) is 6. The van der Waals surface area contributed by atoms with Crippen molar-refractivity contribution in [1.29, 1.82) is 0 Å². The number of Topliss-reactive ketones (excluding diaryl/α,β-unsaturated/α-hetero) is 1. The van der Waals surface area contributed by atoms with Gasteiger partial charge in [-0.05, 0) is 53.4 Å². The number of ketones is 1. The molecule has 0 atom stereocenters. The molecule has 0 unspecified atom stereocenters. The van der Waals surface area contributed by atoms with Crippen LogP contribution in [0.25, 0.3) is 5.69 Å². The summed E-state index contributed by atoms with van der Waals surface area (Å²) in [5.74, 6) is -0.280. The van der Waals surface area contributed by atoms with Crippen LogP contribution in [0.15, 0.2) is 58.8 Å². The lowest BCUT2D eigenvalue weighted by molar-refractivity contribution is -0.384. The van der Waals surface area contributed by atoms with Gasteiger partial charge in [0, 0.05) is 19.1 Å². The molecule has 28 heavy (non-hydrogen) atoms. The molecule has 2 aromatic carbocycles. The van der Waals surface area contributed by atoms with Gasteiger partial charge >= 0.3 is 0 Å². The molecule has 0 aliphatic rings. The lowest BCUT2D eigenvalue weighted by Crippen LogP contribution is -2.10. The fourth-order valence-electron chi connectivity index (χ4n) is 2.12. The van der Waals surface area contributed by atoms with Crippen LogP contribution in [0, 0.1) is 17.0 Å². The van der Waals surface area contributed by atoms with Crippen molar-refractivity contribution in [2.75, 3.05) is 5.43 Å². The predicted molar refractivity (Wildman–Crippen MR) is 105 cm³/mol. The molecular weight excluding hydrogens is 382 g/mol. The maximum absolute atomic E-state index is 12.0. The van der Waals surface area contributed by atoms with Crippen molar-refractivity contribution in [2.24, 2.45) is 5.10 Å². The highest BCUT2D eigenvalue weighted by Crippen LogP contribution is 2.21. The number of anilines is 1. The topological polar surface area (TPSA) is 128 Å². The number of hydrogen-bond acceptors (Lipinski definition) is 9. The number of non-ortho nitro benzene ring substituents is 1. The molecule has 0 aliphatic heterocycles. The van der Waals surface area contributed by atoms with Crippen LogP contribution in [0.5, 0.6) is 0 Å². The Morgan fingerprint density at radius 1 is 1.18 bits per heavy atom. The lowest BCUT2D eigenvalue weighted by atomic mass is 10.2. The number of nitrogens with one attached hydrogen (secondary N) is 1. The maximum Gasteiger partial charge on any atom is 0.269 e. The van der Waals surface area contributed by atoms with Gasteiger partial charge in [-0.3, -0.25) is 20.3 Å². The van der Waals surface area contributed by atoms with Crippen molar-refractivity contribution >= 4 is 34.0 Å². The van der Waals surface area contributed by atoms with E-state index in [1.807, 2.05) is 31.2 Å². The maximum atomic E-state index is 12.0. The Labute approximate surface area is 163 Å². The molecule has 0 aliphatic carbocycles. The summed E-state index contributed by atoms with van der Waals surface area (Å²) in [6.45, 7) is 3.35. The van der Waals surface area contributed by atoms with Crippen molar-refractivity contribution in [3.05, 3.63) is 64.2 Å². The van der Waals surface area contributed by atoms with Gasteiger partial charge in [0.25, 0.3) is 5.69 Å². The summed E-state index contributed by atoms with van der Waals surface area (Å²) in [4.78, 5) is 22.2. The molecule has 0 bridgehead atoms. The average Bonchev–Trinajstić information content (AvgIpc) is 3.14. The number of rotatable bonds is 6. The molecule has 1 aromatic heterocycles. The molecule has 0 fully saturated rings. The fraction of sp³-hybridized carbons (Fsp3) is 0.118. The molecule has 0 amide bonds. The first-order valence-corrected chi connectivity index (χ1v) is 8.88. The average molecular weight is 397 g/mol. The fourth-order valence-corrected chi connectivity index (χ4v) is 2.84. The summed E-state index contributed by atoms with van der Waals surface area (Å²) in [5.41, 5.74) is 5.04. The van der Waals surface area contributed by atoms with Crippen molar-refractivity contribution < 1.29 is 9.72 Å². The first kappa shape index (κ1) is 19.2. The van der Waals surface area contributed by atoms with E-state index >= 15 is 0 Å². The van der Waals surface area contributed by atoms with E-state index in [-0.39, 0.29) is 16.5 Å². The van der Waals surface area contributed by atoms with Crippen LogP contribution in [-0.2, 0) is 4.79 Å². The summed E-state index contributed by atoms with van der Waals surface area (Å²) in [7, 11) is 0. The third-order valence-corrected chi connectivity index (χ3v) is 4.58. The third-order valence-electron chi connectivity index (χ3n) is 3.57. The zero-order valence-corrected chi connectivity index (χ0v) is 15.8. The van der Waals surface area contributed by atoms with E-state index in [0.717, 1.165) is 23.0 Å². The Morgan fingerprint density at radius 3 is 2.46 bits per heavy atom. The monoisotopic (exact) mass is 397 g/mol. The van der Waals surface area contributed by atoms with Gasteiger partial charge in [-0.15, -0.1) is 5.10 Å². The summed E-state index contributed by atoms with van der Waals surface area (Å²) < 4.78 is 1.51. The van der Waals surface area contributed by atoms with Gasteiger partial charge in [0.2, 0.25) is 5.16 Å². The number of nitro benzene ring substituents is 1. The third kappa shape index (κ3) is 4.57. The number of tetrazole rings is 1. The van der Waals surface area contributed by atoms with Crippen molar-refractivity contribution in [2.45, 2.75) is 19.0 Å². The molecule has 0 spiro atoms. The molecule has 11 heteroatoms. The van der Waals surface area contributed by atoms with Crippen LogP contribution < -0.4 is 5.43 Å². The van der Waals surface area contributed by atoms with Gasteiger partial charge in [0.1, 0.15) is 0 Å². The van der Waals surface area contributed by atoms with E-state index in [1.165, 1.54) is 35.9 Å². The Bertz CT molecular complexity index is 1030. The molecule has 0 saturated carbocycles. The van der Waals surface area contributed by atoms with Gasteiger partial charge < -0.3 is 0 Å². The van der Waals surface area contributed by atoms with E-state index in [2.05, 4.69) is 26.1 Å².